The van der Waals surface area contributed by atoms with Crippen molar-refractivity contribution in [3.05, 3.63) is 36.1 Å². The highest BCUT2D eigenvalue weighted by Crippen LogP contribution is 2.29. The Bertz CT molecular complexity index is 536. The molecule has 0 atom stereocenters. The number of nitrogens with zero attached hydrogens (tertiary/aromatic N) is 1. The van der Waals surface area contributed by atoms with Crippen LogP contribution in [0.15, 0.2) is 34.9 Å². The molecule has 0 N–H and O–H groups in total. The van der Waals surface area contributed by atoms with Crippen LogP contribution in [0.1, 0.15) is 17.5 Å². The van der Waals surface area contributed by atoms with Crippen molar-refractivity contribution >= 4 is 16.8 Å². The maximum atomic E-state index is 10.9. The molecule has 0 amide bonds. The number of para-hydroxylation sites is 1. The number of carbonyl (C=O) groups is 1. The number of hydrogen-bond donors (Lipinski definition) is 0. The Kier molecular flexibility index (Phi) is 3.44. The fourth-order valence-corrected chi connectivity index (χ4v) is 1.54. The molecule has 5 heteroatoms. The van der Waals surface area contributed by atoms with Crippen molar-refractivity contribution in [1.82, 2.24) is 5.16 Å². The van der Waals surface area contributed by atoms with E-state index in [1.54, 1.807) is 0 Å². The van der Waals surface area contributed by atoms with Gasteiger partial charge in [0.2, 0.25) is 5.76 Å². The molecule has 0 fully saturated rings. The molecule has 2 aromatic rings. The van der Waals surface area contributed by atoms with E-state index in [2.05, 4.69) is 5.16 Å². The third-order valence-corrected chi connectivity index (χ3v) is 2.35. The number of ether oxygens (including phenoxy) is 1. The van der Waals surface area contributed by atoms with Crippen LogP contribution in [0.25, 0.3) is 11.3 Å². The second-order valence-electron chi connectivity index (χ2n) is 3.28. The van der Waals surface area contributed by atoms with Gasteiger partial charge in [-0.25, -0.2) is 0 Å². The molecule has 0 aliphatic carbocycles. The number of rotatable bonds is 4. The summed E-state index contributed by atoms with van der Waals surface area (Å²) >= 11 is 5.30. The smallest absolute Gasteiger partial charge is 0.290 e. The van der Waals surface area contributed by atoms with Gasteiger partial charge >= 0.3 is 0 Å². The third-order valence-electron chi connectivity index (χ3n) is 2.17. The van der Waals surface area contributed by atoms with Crippen LogP contribution < -0.4 is 4.74 Å². The van der Waals surface area contributed by atoms with Gasteiger partial charge in [-0.05, 0) is 30.7 Å². The lowest BCUT2D eigenvalue weighted by Gasteiger charge is -2.06. The van der Waals surface area contributed by atoms with E-state index in [0.29, 0.717) is 18.1 Å². The maximum Gasteiger partial charge on any atom is 0.290 e. The molecule has 0 spiro atoms. The van der Waals surface area contributed by atoms with Gasteiger partial charge in [-0.1, -0.05) is 17.3 Å². The van der Waals surface area contributed by atoms with Crippen molar-refractivity contribution < 1.29 is 14.1 Å². The largest absolute Gasteiger partial charge is 0.493 e. The highest BCUT2D eigenvalue weighted by atomic mass is 35.5. The predicted octanol–water partition coefficient (Wildman–Crippen LogP) is 3.12. The van der Waals surface area contributed by atoms with E-state index < -0.39 is 5.24 Å². The fourth-order valence-electron chi connectivity index (χ4n) is 1.45. The van der Waals surface area contributed by atoms with E-state index in [9.17, 15) is 4.79 Å². The zero-order chi connectivity index (χ0) is 12.3. The molecule has 4 nitrogen and oxygen atoms in total. The van der Waals surface area contributed by atoms with Crippen LogP contribution >= 0.6 is 11.6 Å². The van der Waals surface area contributed by atoms with Gasteiger partial charge in [0.1, 0.15) is 11.4 Å². The van der Waals surface area contributed by atoms with Crippen molar-refractivity contribution in [1.29, 1.82) is 0 Å². The highest BCUT2D eigenvalue weighted by molar-refractivity contribution is 6.67. The van der Waals surface area contributed by atoms with E-state index in [1.807, 2.05) is 31.2 Å². The monoisotopic (exact) mass is 251 g/mol. The number of hydrogen-bond acceptors (Lipinski definition) is 4. The average molecular weight is 252 g/mol. The molecule has 0 radical (unpaired) electrons. The van der Waals surface area contributed by atoms with Gasteiger partial charge in [-0.2, -0.15) is 0 Å². The summed E-state index contributed by atoms with van der Waals surface area (Å²) in [5, 5.41) is 3.12. The normalized spacial score (nSPS) is 10.2. The minimum Gasteiger partial charge on any atom is -0.493 e. The van der Waals surface area contributed by atoms with Crippen LogP contribution in [-0.2, 0) is 0 Å². The first kappa shape index (κ1) is 11.7. The van der Waals surface area contributed by atoms with Gasteiger partial charge in [-0.15, -0.1) is 0 Å². The summed E-state index contributed by atoms with van der Waals surface area (Å²) in [6.07, 6.45) is 0. The molecule has 0 saturated carbocycles. The summed E-state index contributed by atoms with van der Waals surface area (Å²) in [7, 11) is 0. The Morgan fingerprint density at radius 3 is 2.88 bits per heavy atom. The van der Waals surface area contributed by atoms with Crippen LogP contribution in [0.4, 0.5) is 0 Å². The molecule has 1 aromatic heterocycles. The molecular formula is C12H10ClNO3. The van der Waals surface area contributed by atoms with Crippen LogP contribution in [0.5, 0.6) is 5.75 Å². The van der Waals surface area contributed by atoms with E-state index >= 15 is 0 Å². The van der Waals surface area contributed by atoms with Gasteiger partial charge in [0, 0.05) is 11.6 Å². The average Bonchev–Trinajstić information content (AvgIpc) is 2.79. The molecule has 1 heterocycles. The van der Waals surface area contributed by atoms with Crippen LogP contribution in [0.3, 0.4) is 0 Å². The van der Waals surface area contributed by atoms with Gasteiger partial charge < -0.3 is 9.26 Å². The zero-order valence-electron chi connectivity index (χ0n) is 9.14. The van der Waals surface area contributed by atoms with Crippen molar-refractivity contribution in [3.8, 4) is 17.0 Å². The van der Waals surface area contributed by atoms with Crippen molar-refractivity contribution in [3.63, 3.8) is 0 Å². The van der Waals surface area contributed by atoms with Crippen LogP contribution in [-0.4, -0.2) is 17.0 Å². The number of benzene rings is 1. The molecule has 1 aromatic carbocycles. The Labute approximate surface area is 103 Å². The lowest BCUT2D eigenvalue weighted by molar-refractivity contribution is 0.104. The molecule has 0 bridgehead atoms. The Morgan fingerprint density at radius 1 is 1.47 bits per heavy atom. The van der Waals surface area contributed by atoms with Gasteiger partial charge in [0.25, 0.3) is 5.24 Å². The number of carbonyl (C=O) groups excluding carboxylic acids is 1. The lowest BCUT2D eigenvalue weighted by Crippen LogP contribution is -1.93. The predicted molar refractivity (Wildman–Crippen MR) is 63.3 cm³/mol. The van der Waals surface area contributed by atoms with Crippen LogP contribution in [0, 0.1) is 0 Å². The highest BCUT2D eigenvalue weighted by Gasteiger charge is 2.14. The third kappa shape index (κ3) is 2.47. The maximum absolute atomic E-state index is 10.9. The van der Waals surface area contributed by atoms with E-state index in [4.69, 9.17) is 20.9 Å². The molecule has 0 saturated heterocycles. The van der Waals surface area contributed by atoms with E-state index in [0.717, 1.165) is 5.56 Å². The standard InChI is InChI=1S/C12H10ClNO3/c1-2-16-10-6-4-3-5-8(10)9-7-11(12(13)15)17-14-9/h3-7H,2H2,1H3. The first-order valence-electron chi connectivity index (χ1n) is 5.11. The van der Waals surface area contributed by atoms with E-state index in [1.165, 1.54) is 6.07 Å². The summed E-state index contributed by atoms with van der Waals surface area (Å²) in [5.41, 5.74) is 1.29. The zero-order valence-corrected chi connectivity index (χ0v) is 9.90. The summed E-state index contributed by atoms with van der Waals surface area (Å²) < 4.78 is 10.3. The molecule has 0 aliphatic heterocycles. The fraction of sp³-hybridized carbons (Fsp3) is 0.167. The number of aromatic nitrogens is 1. The SMILES string of the molecule is CCOc1ccccc1-c1cc(C(=O)Cl)on1. The Hall–Kier alpha value is -1.81. The molecule has 0 aliphatic rings. The summed E-state index contributed by atoms with van der Waals surface area (Å²) in [6, 6.07) is 8.88. The summed E-state index contributed by atoms with van der Waals surface area (Å²) in [5.74, 6) is 0.713. The number of halogens is 1. The molecule has 0 unspecified atom stereocenters. The first-order chi connectivity index (χ1) is 8.22. The second-order valence-corrected chi connectivity index (χ2v) is 3.62. The lowest BCUT2D eigenvalue weighted by atomic mass is 10.1. The minimum atomic E-state index is -0.669. The van der Waals surface area contributed by atoms with Gasteiger partial charge in [0.15, 0.2) is 0 Å². The first-order valence-corrected chi connectivity index (χ1v) is 5.49. The molecular weight excluding hydrogens is 242 g/mol. The van der Waals surface area contributed by atoms with Crippen molar-refractivity contribution in [2.45, 2.75) is 6.92 Å². The van der Waals surface area contributed by atoms with Crippen molar-refractivity contribution in [2.75, 3.05) is 6.61 Å². The van der Waals surface area contributed by atoms with Gasteiger partial charge in [-0.3, -0.25) is 4.79 Å². The molecule has 2 rings (SSSR count). The minimum absolute atomic E-state index is 0.0213. The Morgan fingerprint density at radius 2 is 2.24 bits per heavy atom. The summed E-state index contributed by atoms with van der Waals surface area (Å²) in [6.45, 7) is 2.45. The molecule has 88 valence electrons. The van der Waals surface area contributed by atoms with Crippen LogP contribution in [0.2, 0.25) is 0 Å². The second kappa shape index (κ2) is 5.01. The quantitative estimate of drug-likeness (QED) is 0.784. The van der Waals surface area contributed by atoms with Crippen molar-refractivity contribution in [2.24, 2.45) is 0 Å². The Balaban J connectivity index is 2.41. The summed E-state index contributed by atoms with van der Waals surface area (Å²) in [4.78, 5) is 10.9. The van der Waals surface area contributed by atoms with E-state index in [-0.39, 0.29) is 5.76 Å². The molecule has 17 heavy (non-hydrogen) atoms. The topological polar surface area (TPSA) is 52.3 Å². The van der Waals surface area contributed by atoms with Gasteiger partial charge in [0.05, 0.1) is 6.61 Å².